The number of carboxylic acid groups (broad SMARTS) is 1. The summed E-state index contributed by atoms with van der Waals surface area (Å²) in [7, 11) is 0. The lowest BCUT2D eigenvalue weighted by Crippen LogP contribution is -2.25. The van der Waals surface area contributed by atoms with Crippen LogP contribution >= 0.6 is 24.4 Å². The number of thiocarbonyl (C=S) groups is 2. The van der Waals surface area contributed by atoms with E-state index in [4.69, 9.17) is 5.11 Å². The molecule has 1 atom stereocenters. The number of benzene rings is 1. The lowest BCUT2D eigenvalue weighted by molar-refractivity contribution is -0.145. The molecule has 0 spiro atoms. The summed E-state index contributed by atoms with van der Waals surface area (Å²) in [6, 6.07) is 9.99. The highest BCUT2D eigenvalue weighted by molar-refractivity contribution is 7.93. The van der Waals surface area contributed by atoms with Crippen LogP contribution in [0.15, 0.2) is 48.6 Å². The van der Waals surface area contributed by atoms with Crippen LogP contribution in [0.25, 0.3) is 5.57 Å². The van der Waals surface area contributed by atoms with E-state index in [2.05, 4.69) is 24.4 Å². The zero-order chi connectivity index (χ0) is 14.3. The van der Waals surface area contributed by atoms with Crippen molar-refractivity contribution in [2.75, 3.05) is 0 Å². The van der Waals surface area contributed by atoms with E-state index in [0.29, 0.717) is 6.42 Å². The molecule has 2 nitrogen and oxygen atoms in total. The highest BCUT2D eigenvalue weighted by Crippen LogP contribution is 2.32. The van der Waals surface area contributed by atoms with Gasteiger partial charge in [-0.25, -0.2) is 0 Å². The Kier molecular flexibility index (Phi) is 5.77. The van der Waals surface area contributed by atoms with E-state index in [-0.39, 0.29) is 0 Å². The molecule has 0 radical (unpaired) electrons. The molecule has 1 aliphatic carbocycles. The first-order valence-corrected chi connectivity index (χ1v) is 6.52. The monoisotopic (exact) mass is 290 g/mol. The second-order valence-corrected chi connectivity index (χ2v) is 5.04. The first-order chi connectivity index (χ1) is 9.03. The topological polar surface area (TPSA) is 37.3 Å². The van der Waals surface area contributed by atoms with Gasteiger partial charge in [0.2, 0.25) is 0 Å². The fraction of sp³-hybridized carbons (Fsp3) is 0.200. The predicted octanol–water partition coefficient (Wildman–Crippen LogP) is 4.14. The van der Waals surface area contributed by atoms with E-state index in [0.717, 1.165) is 11.1 Å². The van der Waals surface area contributed by atoms with Crippen molar-refractivity contribution in [2.45, 2.75) is 13.3 Å². The van der Waals surface area contributed by atoms with Crippen LogP contribution in [0.3, 0.4) is 0 Å². The second kappa shape index (κ2) is 7.10. The van der Waals surface area contributed by atoms with Crippen molar-refractivity contribution in [2.24, 2.45) is 5.41 Å². The van der Waals surface area contributed by atoms with Crippen LogP contribution in [0.2, 0.25) is 0 Å². The first-order valence-electron chi connectivity index (χ1n) is 5.71. The molecular formula is C15H14O2S2. The van der Waals surface area contributed by atoms with Gasteiger partial charge in [0.15, 0.2) is 0 Å². The highest BCUT2D eigenvalue weighted by atomic mass is 32.1. The fourth-order valence-corrected chi connectivity index (χ4v) is 1.74. The molecule has 1 aliphatic rings. The van der Waals surface area contributed by atoms with E-state index in [1.54, 1.807) is 13.0 Å². The average molecular weight is 290 g/mol. The number of rotatable bonds is 2. The number of carboxylic acids is 1. The Hall–Kier alpha value is -1.61. The molecule has 0 amide bonds. The van der Waals surface area contributed by atoms with Crippen molar-refractivity contribution in [1.82, 2.24) is 0 Å². The van der Waals surface area contributed by atoms with Crippen LogP contribution in [-0.2, 0) is 4.79 Å². The second-order valence-electron chi connectivity index (χ2n) is 4.37. The van der Waals surface area contributed by atoms with Crippen molar-refractivity contribution in [3.63, 3.8) is 0 Å². The van der Waals surface area contributed by atoms with E-state index in [1.807, 2.05) is 46.8 Å². The van der Waals surface area contributed by atoms with Gasteiger partial charge in [0, 0.05) is 4.31 Å². The van der Waals surface area contributed by atoms with Crippen LogP contribution in [-0.4, -0.2) is 15.4 Å². The molecule has 0 aliphatic heterocycles. The molecule has 0 saturated carbocycles. The van der Waals surface area contributed by atoms with E-state index >= 15 is 0 Å². The van der Waals surface area contributed by atoms with E-state index < -0.39 is 11.4 Å². The van der Waals surface area contributed by atoms with Gasteiger partial charge < -0.3 is 5.11 Å². The lowest BCUT2D eigenvalue weighted by Gasteiger charge is -2.23. The van der Waals surface area contributed by atoms with Gasteiger partial charge in [-0.2, -0.15) is 0 Å². The quantitative estimate of drug-likeness (QED) is 0.831. The fourth-order valence-electron chi connectivity index (χ4n) is 1.74. The van der Waals surface area contributed by atoms with Crippen LogP contribution in [0, 0.1) is 5.41 Å². The van der Waals surface area contributed by atoms with Crippen molar-refractivity contribution in [3.8, 4) is 0 Å². The molecule has 1 aromatic rings. The third-order valence-electron chi connectivity index (χ3n) is 2.97. The summed E-state index contributed by atoms with van der Waals surface area (Å²) in [6.07, 6.45) is 6.21. The number of carbonyl (C=O) groups is 1. The van der Waals surface area contributed by atoms with Gasteiger partial charge >= 0.3 is 5.97 Å². The Morgan fingerprint density at radius 3 is 2.32 bits per heavy atom. The van der Waals surface area contributed by atoms with E-state index in [1.165, 1.54) is 0 Å². The van der Waals surface area contributed by atoms with Crippen molar-refractivity contribution in [3.05, 3.63) is 54.1 Å². The minimum Gasteiger partial charge on any atom is -0.481 e. The van der Waals surface area contributed by atoms with Gasteiger partial charge in [0.1, 0.15) is 0 Å². The normalized spacial score (nSPS) is 20.6. The molecule has 1 aromatic carbocycles. The van der Waals surface area contributed by atoms with E-state index in [9.17, 15) is 4.79 Å². The summed E-state index contributed by atoms with van der Waals surface area (Å²) < 4.78 is 1.92. The molecular weight excluding hydrogens is 276 g/mol. The molecule has 1 unspecified atom stereocenters. The molecule has 1 N–H and O–H groups in total. The first kappa shape index (κ1) is 15.4. The molecule has 4 heteroatoms. The molecule has 98 valence electrons. The number of allylic oxidation sites excluding steroid dienone is 3. The Labute approximate surface area is 123 Å². The zero-order valence-electron chi connectivity index (χ0n) is 10.5. The van der Waals surface area contributed by atoms with Crippen LogP contribution < -0.4 is 0 Å². The Morgan fingerprint density at radius 2 is 1.89 bits per heavy atom. The Balaban J connectivity index is 0.000000550. The zero-order valence-corrected chi connectivity index (χ0v) is 12.1. The minimum absolute atomic E-state index is 0.545. The number of hydrogen-bond donors (Lipinski definition) is 1. The summed E-state index contributed by atoms with van der Waals surface area (Å²) >= 11 is 7.92. The summed E-state index contributed by atoms with van der Waals surface area (Å²) in [5, 5.41) is 9.07. The van der Waals surface area contributed by atoms with Gasteiger partial charge in [-0.05, 0) is 48.9 Å². The largest absolute Gasteiger partial charge is 0.481 e. The SMILES string of the molecule is CC1(C(=O)O)C=CC(c2ccccc2)=CC1.S=C=S. The number of hydrogen-bond acceptors (Lipinski definition) is 3. The van der Waals surface area contributed by atoms with Gasteiger partial charge in [-0.15, -0.1) is 0 Å². The Morgan fingerprint density at radius 1 is 1.32 bits per heavy atom. The maximum absolute atomic E-state index is 11.0. The summed E-state index contributed by atoms with van der Waals surface area (Å²) in [6.45, 7) is 1.74. The van der Waals surface area contributed by atoms with Gasteiger partial charge in [0.05, 0.1) is 5.41 Å². The molecule has 0 saturated heterocycles. The number of aliphatic carboxylic acids is 1. The van der Waals surface area contributed by atoms with Gasteiger partial charge in [-0.1, -0.05) is 48.6 Å². The third-order valence-corrected chi connectivity index (χ3v) is 2.97. The third kappa shape index (κ3) is 4.21. The standard InChI is InChI=1S/C14H14O2.CS2/c1-14(13(15)16)9-7-12(8-10-14)11-5-3-2-4-6-11;2-1-3/h2-9H,10H2,1H3,(H,15,16);. The van der Waals surface area contributed by atoms with Crippen molar-refractivity contribution < 1.29 is 9.90 Å². The lowest BCUT2D eigenvalue weighted by atomic mass is 9.81. The van der Waals surface area contributed by atoms with Crippen LogP contribution in [0.1, 0.15) is 18.9 Å². The maximum Gasteiger partial charge on any atom is 0.313 e. The predicted molar refractivity (Wildman–Crippen MR) is 84.1 cm³/mol. The smallest absolute Gasteiger partial charge is 0.313 e. The summed E-state index contributed by atoms with van der Waals surface area (Å²) in [5.41, 5.74) is 1.48. The molecule has 0 heterocycles. The average Bonchev–Trinajstić information content (AvgIpc) is 2.41. The van der Waals surface area contributed by atoms with Gasteiger partial charge in [0.25, 0.3) is 0 Å². The summed E-state index contributed by atoms with van der Waals surface area (Å²) in [4.78, 5) is 11.0. The molecule has 0 aromatic heterocycles. The minimum atomic E-state index is -0.771. The van der Waals surface area contributed by atoms with Crippen LogP contribution in [0.5, 0.6) is 0 Å². The molecule has 2 rings (SSSR count). The molecule has 0 fully saturated rings. The molecule has 19 heavy (non-hydrogen) atoms. The maximum atomic E-state index is 11.0. The van der Waals surface area contributed by atoms with Gasteiger partial charge in [-0.3, -0.25) is 4.79 Å². The summed E-state index contributed by atoms with van der Waals surface area (Å²) in [5.74, 6) is -0.771. The van der Waals surface area contributed by atoms with Crippen molar-refractivity contribution in [1.29, 1.82) is 0 Å². The highest BCUT2D eigenvalue weighted by Gasteiger charge is 2.30. The van der Waals surface area contributed by atoms with Crippen molar-refractivity contribution >= 4 is 40.3 Å². The molecule has 0 bridgehead atoms. The Bertz CT molecular complexity index is 541. The van der Waals surface area contributed by atoms with Crippen LogP contribution in [0.4, 0.5) is 0 Å².